The number of Topliss-reactive ketones (excluding diaryl/α,β-unsaturated/α-hetero) is 5. The quantitative estimate of drug-likeness (QED) is 0.0517. The highest BCUT2D eigenvalue weighted by atomic mass is 19.4. The minimum absolute atomic E-state index is 0.0886. The van der Waals surface area contributed by atoms with E-state index in [-0.39, 0.29) is 58.5 Å². The molecule has 11 nitrogen and oxygen atoms in total. The third-order valence-corrected chi connectivity index (χ3v) is 19.0. The molecule has 0 aliphatic carbocycles. The number of rotatable bonds is 21. The van der Waals surface area contributed by atoms with E-state index in [9.17, 15) is 63.5 Å². The molecule has 544 valence electrons. The molecule has 5 aliphatic heterocycles. The molecule has 20 heteroatoms. The number of alkyl halides is 9. The highest BCUT2D eigenvalue weighted by Crippen LogP contribution is 2.32. The fraction of sp³-hybridized carbons (Fsp3) is 0.557. The van der Waals surface area contributed by atoms with E-state index >= 15 is 0 Å². The van der Waals surface area contributed by atoms with Crippen LogP contribution in [0.2, 0.25) is 0 Å². The van der Waals surface area contributed by atoms with E-state index in [0.29, 0.717) is 49.5 Å². The molecule has 5 aromatic carbocycles. The maximum atomic E-state index is 12.5. The molecule has 5 aliphatic rings. The first-order chi connectivity index (χ1) is 47.0. The van der Waals surface area contributed by atoms with Crippen molar-refractivity contribution < 1.29 is 68.2 Å². The number of nitrogens with zero attached hydrogens (tertiary/aromatic N) is 5. The molecular formula is C79H104F9N5O6. The van der Waals surface area contributed by atoms with Gasteiger partial charge in [0.05, 0.1) is 29.9 Å². The lowest BCUT2D eigenvalue weighted by molar-refractivity contribution is -0.138. The summed E-state index contributed by atoms with van der Waals surface area (Å²) in [5.74, 6) is -0.176. The average molecular weight is 1390 g/mol. The van der Waals surface area contributed by atoms with E-state index < -0.39 is 35.2 Å². The second-order valence-electron chi connectivity index (χ2n) is 27.5. The Kier molecular flexibility index (Phi) is 33.2. The second kappa shape index (κ2) is 40.3. The Bertz CT molecular complexity index is 3130. The number of likely N-dealkylation sites (tertiary alicyclic amines) is 4. The molecule has 0 N–H and O–H groups in total. The molecule has 5 fully saturated rings. The predicted molar refractivity (Wildman–Crippen MR) is 373 cm³/mol. The molecule has 0 amide bonds. The van der Waals surface area contributed by atoms with Crippen LogP contribution in [0.25, 0.3) is 0 Å². The summed E-state index contributed by atoms with van der Waals surface area (Å²) >= 11 is 0. The van der Waals surface area contributed by atoms with Crippen molar-refractivity contribution in [2.24, 2.45) is 29.6 Å². The molecule has 0 saturated carbocycles. The van der Waals surface area contributed by atoms with Gasteiger partial charge in [-0.05, 0) is 159 Å². The summed E-state index contributed by atoms with van der Waals surface area (Å²) in [6.45, 7) is 29.1. The minimum Gasteiger partial charge on any atom is -0.379 e. The zero-order valence-corrected chi connectivity index (χ0v) is 59.0. The maximum absolute atomic E-state index is 12.5. The maximum Gasteiger partial charge on any atom is 0.416 e. The summed E-state index contributed by atoms with van der Waals surface area (Å²) in [4.78, 5) is 72.9. The normalized spacial score (nSPS) is 18.4. The van der Waals surface area contributed by atoms with E-state index in [1.54, 1.807) is 6.92 Å². The van der Waals surface area contributed by atoms with Crippen LogP contribution in [-0.2, 0) is 29.7 Å². The summed E-state index contributed by atoms with van der Waals surface area (Å²) in [5, 5.41) is 0. The number of halogens is 9. The lowest BCUT2D eigenvalue weighted by Crippen LogP contribution is -2.40. The molecule has 5 heterocycles. The van der Waals surface area contributed by atoms with Crippen LogP contribution in [0.5, 0.6) is 0 Å². The molecule has 0 bridgehead atoms. The van der Waals surface area contributed by atoms with E-state index in [4.69, 9.17) is 4.74 Å². The Labute approximate surface area is 581 Å². The Morgan fingerprint density at radius 3 is 0.747 bits per heavy atom. The number of carbonyl (C=O) groups is 5. The first-order valence-corrected chi connectivity index (χ1v) is 35.6. The molecule has 10 rings (SSSR count). The number of ketones is 5. The number of aryl methyl sites for hydroxylation is 2. The average Bonchev–Trinajstić information content (AvgIpc) is 0.949. The highest BCUT2D eigenvalue weighted by molar-refractivity contribution is 6.00. The molecule has 0 spiro atoms. The van der Waals surface area contributed by atoms with Gasteiger partial charge in [-0.1, -0.05) is 151 Å². The van der Waals surface area contributed by atoms with Crippen molar-refractivity contribution in [1.82, 2.24) is 24.5 Å². The van der Waals surface area contributed by atoms with Gasteiger partial charge in [0.1, 0.15) is 0 Å². The van der Waals surface area contributed by atoms with Crippen LogP contribution in [0.1, 0.15) is 192 Å². The molecule has 5 atom stereocenters. The third-order valence-electron chi connectivity index (χ3n) is 19.0. The van der Waals surface area contributed by atoms with Gasteiger partial charge in [-0.15, -0.1) is 0 Å². The topological polar surface area (TPSA) is 111 Å². The van der Waals surface area contributed by atoms with Gasteiger partial charge in [0.25, 0.3) is 0 Å². The fourth-order valence-corrected chi connectivity index (χ4v) is 13.0. The number of hydrogen-bond acceptors (Lipinski definition) is 11. The van der Waals surface area contributed by atoms with Crippen LogP contribution < -0.4 is 0 Å². The van der Waals surface area contributed by atoms with Gasteiger partial charge >= 0.3 is 18.5 Å². The van der Waals surface area contributed by atoms with Crippen LogP contribution in [0.4, 0.5) is 39.5 Å². The van der Waals surface area contributed by atoms with Crippen molar-refractivity contribution in [3.8, 4) is 0 Å². The molecule has 0 radical (unpaired) electrons. The first-order valence-electron chi connectivity index (χ1n) is 35.6. The van der Waals surface area contributed by atoms with Crippen molar-refractivity contribution in [2.75, 3.05) is 111 Å². The van der Waals surface area contributed by atoms with Gasteiger partial charge in [0.2, 0.25) is 0 Å². The fourth-order valence-electron chi connectivity index (χ4n) is 13.0. The van der Waals surface area contributed by atoms with Gasteiger partial charge in [0, 0.05) is 103 Å². The van der Waals surface area contributed by atoms with Gasteiger partial charge < -0.3 is 24.3 Å². The monoisotopic (exact) mass is 1390 g/mol. The van der Waals surface area contributed by atoms with Crippen molar-refractivity contribution >= 4 is 28.9 Å². The van der Waals surface area contributed by atoms with Crippen molar-refractivity contribution in [2.45, 2.75) is 144 Å². The van der Waals surface area contributed by atoms with Crippen molar-refractivity contribution in [3.63, 3.8) is 0 Å². The number of hydrogen-bond donors (Lipinski definition) is 0. The SMILES string of the molecule is CC(CN1CCCC1)C(=O)c1ccc(C(F)(F)F)cc1.CC(CN1CCCCC1)C(=O)c1ccc(C(F)(F)F)cc1.CC(CN1CCOCC1)C(=O)c1ccc(C(F)(F)F)cc1.CCc1ccc(C(=O)C(C)CN2CCCCC2)cc1.Cc1ccc(C(=O)C(C)CN2CCCCC2)cc1. The Morgan fingerprint density at radius 1 is 0.323 bits per heavy atom. The summed E-state index contributed by atoms with van der Waals surface area (Å²) < 4.78 is 118. The van der Waals surface area contributed by atoms with Crippen LogP contribution in [0.3, 0.4) is 0 Å². The minimum atomic E-state index is -4.37. The van der Waals surface area contributed by atoms with E-state index in [0.717, 1.165) is 158 Å². The number of ether oxygens (including phenoxy) is 1. The standard InChI is InChI=1S/C17H25NO.C16H20F3NO.C16H23NO.C15H18F3NO2.C15H18F3NO/c1-3-15-7-9-16(10-8-15)17(19)14(2)13-18-11-5-4-6-12-18;1-12(11-20-9-3-2-4-10-20)15(21)13-5-7-14(8-6-13)16(17,18)19;1-13-6-8-15(9-7-13)16(18)14(2)12-17-10-4-3-5-11-17;1-11(10-19-6-8-21-9-7-19)14(20)12-2-4-13(5-3-12)15(16,17)18;1-11(10-19-8-2-3-9-19)14(20)12-4-6-13(7-5-12)15(16,17)18/h7-10,14H,3-6,11-13H2,1-2H3;5-8,12H,2-4,9-11H2,1H3;6-9,14H,3-5,10-12H2,1-2H3;2-5,11H,6-10H2,1H3;4-7,11H,2-3,8-10H2,1H3. The first kappa shape index (κ1) is 81.5. The molecule has 5 unspecified atom stereocenters. The van der Waals surface area contributed by atoms with Crippen LogP contribution in [0, 0.1) is 36.5 Å². The Balaban J connectivity index is 0.000000195. The van der Waals surface area contributed by atoms with E-state index in [2.05, 4.69) is 57.4 Å². The Hall–Kier alpha value is -6.42. The number of piperidine rings is 3. The molecule has 99 heavy (non-hydrogen) atoms. The molecule has 5 aromatic rings. The van der Waals surface area contributed by atoms with Crippen LogP contribution in [0.15, 0.2) is 121 Å². The summed E-state index contributed by atoms with van der Waals surface area (Å²) in [6, 6.07) is 29.4. The zero-order chi connectivity index (χ0) is 72.3. The van der Waals surface area contributed by atoms with Crippen molar-refractivity contribution in [3.05, 3.63) is 177 Å². The summed E-state index contributed by atoms with van der Waals surface area (Å²) in [6.07, 6.45) is 1.61. The molecule has 0 aromatic heterocycles. The lowest BCUT2D eigenvalue weighted by atomic mass is 9.97. The highest BCUT2D eigenvalue weighted by Gasteiger charge is 2.34. The predicted octanol–water partition coefficient (Wildman–Crippen LogP) is 17.3. The lowest BCUT2D eigenvalue weighted by Gasteiger charge is -2.28. The summed E-state index contributed by atoms with van der Waals surface area (Å²) in [7, 11) is 0. The van der Waals surface area contributed by atoms with Gasteiger partial charge in [0.15, 0.2) is 28.9 Å². The zero-order valence-electron chi connectivity index (χ0n) is 59.0. The Morgan fingerprint density at radius 2 is 0.525 bits per heavy atom. The molecular weight excluding hydrogens is 1290 g/mol. The van der Waals surface area contributed by atoms with Crippen molar-refractivity contribution in [1.29, 1.82) is 0 Å². The van der Waals surface area contributed by atoms with E-state index in [1.165, 1.54) is 92.5 Å². The number of morpholine rings is 1. The molecule has 5 saturated heterocycles. The van der Waals surface area contributed by atoms with Gasteiger partial charge in [-0.3, -0.25) is 28.9 Å². The van der Waals surface area contributed by atoms with Gasteiger partial charge in [-0.2, -0.15) is 39.5 Å². The van der Waals surface area contributed by atoms with Crippen LogP contribution >= 0.6 is 0 Å². The van der Waals surface area contributed by atoms with Gasteiger partial charge in [-0.25, -0.2) is 0 Å². The summed E-state index contributed by atoms with van der Waals surface area (Å²) in [5.41, 5.74) is 3.06. The number of carbonyl (C=O) groups excluding carboxylic acids is 5. The largest absolute Gasteiger partial charge is 0.416 e. The smallest absolute Gasteiger partial charge is 0.379 e. The second-order valence-corrected chi connectivity index (χ2v) is 27.5. The number of benzene rings is 5. The van der Waals surface area contributed by atoms with Crippen LogP contribution in [-0.4, -0.2) is 165 Å². The third kappa shape index (κ3) is 27.8. The van der Waals surface area contributed by atoms with E-state index in [1.807, 2.05) is 57.2 Å².